The Morgan fingerprint density at radius 3 is 2.76 bits per heavy atom. The zero-order valence-corrected chi connectivity index (χ0v) is 14.7. The Labute approximate surface area is 147 Å². The van der Waals surface area contributed by atoms with Gasteiger partial charge < -0.3 is 15.4 Å². The first kappa shape index (κ1) is 17.4. The predicted octanol–water partition coefficient (Wildman–Crippen LogP) is 2.09. The summed E-state index contributed by atoms with van der Waals surface area (Å²) in [5, 5.41) is 14.5. The Bertz CT molecular complexity index is 692. The van der Waals surface area contributed by atoms with Crippen LogP contribution in [0.3, 0.4) is 0 Å². The van der Waals surface area contributed by atoms with E-state index in [-0.39, 0.29) is 11.9 Å². The van der Waals surface area contributed by atoms with E-state index >= 15 is 0 Å². The molecule has 7 heteroatoms. The summed E-state index contributed by atoms with van der Waals surface area (Å²) < 4.78 is 7.26. The number of hydrogen-bond donors (Lipinski definition) is 2. The predicted molar refractivity (Wildman–Crippen MR) is 94.7 cm³/mol. The molecule has 0 saturated carbocycles. The van der Waals surface area contributed by atoms with Crippen LogP contribution in [0.1, 0.15) is 54.8 Å². The molecule has 0 radical (unpaired) electrons. The van der Waals surface area contributed by atoms with Gasteiger partial charge in [-0.05, 0) is 57.5 Å². The van der Waals surface area contributed by atoms with Gasteiger partial charge in [-0.2, -0.15) is 0 Å². The highest BCUT2D eigenvalue weighted by Gasteiger charge is 2.19. The molecule has 25 heavy (non-hydrogen) atoms. The summed E-state index contributed by atoms with van der Waals surface area (Å²) in [5.41, 5.74) is 1.37. The van der Waals surface area contributed by atoms with Crippen LogP contribution < -0.4 is 15.4 Å². The van der Waals surface area contributed by atoms with Gasteiger partial charge in [0.25, 0.3) is 5.91 Å². The summed E-state index contributed by atoms with van der Waals surface area (Å²) in [6, 6.07) is 7.94. The molecule has 7 nitrogen and oxygen atoms in total. The number of carbonyl (C=O) groups excluding carboxylic acids is 1. The van der Waals surface area contributed by atoms with Crippen LogP contribution in [0.5, 0.6) is 5.75 Å². The van der Waals surface area contributed by atoms with Crippen molar-refractivity contribution >= 4 is 5.91 Å². The van der Waals surface area contributed by atoms with Gasteiger partial charge in [-0.1, -0.05) is 17.3 Å². The molecule has 1 fully saturated rings. The summed E-state index contributed by atoms with van der Waals surface area (Å²) in [6.45, 7) is 6.48. The second kappa shape index (κ2) is 8.11. The molecular weight excluding hydrogens is 318 g/mol. The van der Waals surface area contributed by atoms with E-state index in [9.17, 15) is 4.79 Å². The average Bonchev–Trinajstić information content (AvgIpc) is 3.13. The Morgan fingerprint density at radius 1 is 1.36 bits per heavy atom. The van der Waals surface area contributed by atoms with Crippen LogP contribution in [0.15, 0.2) is 30.5 Å². The quantitative estimate of drug-likeness (QED) is 0.839. The van der Waals surface area contributed by atoms with Gasteiger partial charge >= 0.3 is 0 Å². The minimum Gasteiger partial charge on any atom is -0.494 e. The zero-order valence-electron chi connectivity index (χ0n) is 14.7. The SMILES string of the molecule is CCOc1ccc([C@H](C)NC(=O)c2cn(C3CCNCC3)nn2)cc1. The number of benzene rings is 1. The number of rotatable bonds is 6. The first-order valence-corrected chi connectivity index (χ1v) is 8.83. The lowest BCUT2D eigenvalue weighted by molar-refractivity contribution is 0.0934. The molecule has 134 valence electrons. The number of hydrogen-bond acceptors (Lipinski definition) is 5. The highest BCUT2D eigenvalue weighted by atomic mass is 16.5. The second-order valence-electron chi connectivity index (χ2n) is 6.26. The highest BCUT2D eigenvalue weighted by molar-refractivity contribution is 5.92. The van der Waals surface area contributed by atoms with E-state index in [1.54, 1.807) is 6.20 Å². The molecule has 1 aliphatic rings. The lowest BCUT2D eigenvalue weighted by Gasteiger charge is -2.22. The van der Waals surface area contributed by atoms with Crippen LogP contribution in [0.2, 0.25) is 0 Å². The molecule has 1 atom stereocenters. The van der Waals surface area contributed by atoms with E-state index in [1.165, 1.54) is 0 Å². The summed E-state index contributed by atoms with van der Waals surface area (Å²) in [5.74, 6) is 0.622. The number of nitrogens with zero attached hydrogens (tertiary/aromatic N) is 3. The maximum atomic E-state index is 12.4. The fraction of sp³-hybridized carbons (Fsp3) is 0.500. The number of aromatic nitrogens is 3. The number of ether oxygens (including phenoxy) is 1. The molecule has 1 aliphatic heterocycles. The van der Waals surface area contributed by atoms with E-state index in [0.29, 0.717) is 18.3 Å². The van der Waals surface area contributed by atoms with Crippen LogP contribution in [0, 0.1) is 0 Å². The molecule has 2 heterocycles. The fourth-order valence-corrected chi connectivity index (χ4v) is 3.00. The second-order valence-corrected chi connectivity index (χ2v) is 6.26. The maximum absolute atomic E-state index is 12.4. The van der Waals surface area contributed by atoms with Crippen LogP contribution in [-0.2, 0) is 0 Å². The fourth-order valence-electron chi connectivity index (χ4n) is 3.00. The van der Waals surface area contributed by atoms with Gasteiger partial charge in [0.2, 0.25) is 0 Å². The van der Waals surface area contributed by atoms with Gasteiger partial charge in [0.05, 0.1) is 24.9 Å². The van der Waals surface area contributed by atoms with Gasteiger partial charge in [0.1, 0.15) is 5.75 Å². The summed E-state index contributed by atoms with van der Waals surface area (Å²) in [6.07, 6.45) is 3.76. The van der Waals surface area contributed by atoms with E-state index in [4.69, 9.17) is 4.74 Å². The molecule has 0 aliphatic carbocycles. The van der Waals surface area contributed by atoms with Crippen molar-refractivity contribution in [1.29, 1.82) is 0 Å². The maximum Gasteiger partial charge on any atom is 0.273 e. The van der Waals surface area contributed by atoms with Crippen LogP contribution in [-0.4, -0.2) is 40.6 Å². The largest absolute Gasteiger partial charge is 0.494 e. The lowest BCUT2D eigenvalue weighted by atomic mass is 10.1. The Hall–Kier alpha value is -2.41. The number of nitrogens with one attached hydrogen (secondary N) is 2. The van der Waals surface area contributed by atoms with Crippen molar-refractivity contribution in [3.05, 3.63) is 41.7 Å². The lowest BCUT2D eigenvalue weighted by Crippen LogP contribution is -2.29. The van der Waals surface area contributed by atoms with Gasteiger partial charge in [-0.25, -0.2) is 4.68 Å². The van der Waals surface area contributed by atoms with Crippen LogP contribution in [0.25, 0.3) is 0 Å². The minimum atomic E-state index is -0.207. The number of amides is 1. The smallest absolute Gasteiger partial charge is 0.273 e. The van der Waals surface area contributed by atoms with Crippen molar-refractivity contribution in [2.75, 3.05) is 19.7 Å². The molecule has 0 unspecified atom stereocenters. The zero-order chi connectivity index (χ0) is 17.6. The summed E-state index contributed by atoms with van der Waals surface area (Å²) >= 11 is 0. The van der Waals surface area contributed by atoms with Gasteiger partial charge in [0.15, 0.2) is 5.69 Å². The summed E-state index contributed by atoms with van der Waals surface area (Å²) in [7, 11) is 0. The van der Waals surface area contributed by atoms with Crippen molar-refractivity contribution in [3.63, 3.8) is 0 Å². The third-order valence-electron chi connectivity index (χ3n) is 4.46. The molecule has 2 N–H and O–H groups in total. The molecule has 1 aromatic heterocycles. The molecule has 0 spiro atoms. The summed E-state index contributed by atoms with van der Waals surface area (Å²) in [4.78, 5) is 12.4. The van der Waals surface area contributed by atoms with Gasteiger partial charge in [-0.15, -0.1) is 5.10 Å². The molecule has 1 amide bonds. The normalized spacial score (nSPS) is 16.4. The van der Waals surface area contributed by atoms with E-state index in [2.05, 4.69) is 20.9 Å². The molecular formula is C18H25N5O2. The van der Waals surface area contributed by atoms with Gasteiger partial charge in [0, 0.05) is 0 Å². The van der Waals surface area contributed by atoms with Crippen molar-refractivity contribution in [1.82, 2.24) is 25.6 Å². The van der Waals surface area contributed by atoms with E-state index in [0.717, 1.165) is 37.2 Å². The highest BCUT2D eigenvalue weighted by Crippen LogP contribution is 2.19. The Morgan fingerprint density at radius 2 is 2.08 bits per heavy atom. The first-order chi connectivity index (χ1) is 12.2. The van der Waals surface area contributed by atoms with E-state index in [1.807, 2.05) is 42.8 Å². The Balaban J connectivity index is 1.60. The molecule has 1 saturated heterocycles. The van der Waals surface area contributed by atoms with Crippen LogP contribution >= 0.6 is 0 Å². The average molecular weight is 343 g/mol. The first-order valence-electron chi connectivity index (χ1n) is 8.83. The van der Waals surface area contributed by atoms with Crippen molar-refractivity contribution < 1.29 is 9.53 Å². The number of carbonyl (C=O) groups is 1. The van der Waals surface area contributed by atoms with E-state index < -0.39 is 0 Å². The van der Waals surface area contributed by atoms with Crippen LogP contribution in [0.4, 0.5) is 0 Å². The monoisotopic (exact) mass is 343 g/mol. The Kier molecular flexibility index (Phi) is 5.65. The van der Waals surface area contributed by atoms with Crippen molar-refractivity contribution in [2.45, 2.75) is 38.8 Å². The minimum absolute atomic E-state index is 0.118. The molecule has 2 aromatic rings. The molecule has 1 aromatic carbocycles. The van der Waals surface area contributed by atoms with Gasteiger partial charge in [-0.3, -0.25) is 4.79 Å². The third kappa shape index (κ3) is 4.36. The van der Waals surface area contributed by atoms with Crippen molar-refractivity contribution in [3.8, 4) is 5.75 Å². The standard InChI is InChI=1S/C18H25N5O2/c1-3-25-16-6-4-14(5-7-16)13(2)20-18(24)17-12-23(22-21-17)15-8-10-19-11-9-15/h4-7,12-13,15,19H,3,8-11H2,1-2H3,(H,20,24)/t13-/m0/s1. The number of piperidine rings is 1. The molecule has 3 rings (SSSR count). The third-order valence-corrected chi connectivity index (χ3v) is 4.46. The topological polar surface area (TPSA) is 81.1 Å². The van der Waals surface area contributed by atoms with Crippen molar-refractivity contribution in [2.24, 2.45) is 0 Å². The molecule has 0 bridgehead atoms.